The van der Waals surface area contributed by atoms with Crippen LogP contribution in [0.2, 0.25) is 0 Å². The molecule has 0 saturated carbocycles. The van der Waals surface area contributed by atoms with Crippen molar-refractivity contribution < 1.29 is 72.2 Å². The molecule has 0 aliphatic rings. The van der Waals surface area contributed by atoms with Gasteiger partial charge in [-0.15, -0.1) is 0 Å². The third-order valence-electron chi connectivity index (χ3n) is 3.49. The minimum Gasteiger partial charge on any atom is -1.00 e. The fraction of sp³-hybridized carbons (Fsp3) is 0.875. The van der Waals surface area contributed by atoms with Gasteiger partial charge in [0.25, 0.3) is 0 Å². The Labute approximate surface area is 178 Å². The van der Waals surface area contributed by atoms with Crippen molar-refractivity contribution in [2.24, 2.45) is 5.73 Å². The molecule has 126 valence electrons. The number of carbonyl (C=O) groups excluding carboxylic acids is 2. The maximum atomic E-state index is 11.4. The molecule has 0 bridgehead atoms. The van der Waals surface area contributed by atoms with Gasteiger partial charge in [-0.3, -0.25) is 4.79 Å². The van der Waals surface area contributed by atoms with Crippen LogP contribution < -0.4 is 57.1 Å². The fourth-order valence-electron chi connectivity index (χ4n) is 2.01. The molecule has 0 radical (unpaired) electrons. The Kier molecular flexibility index (Phi) is 18.8. The molecule has 0 spiro atoms. The molecule has 0 aromatic rings. The van der Waals surface area contributed by atoms with Gasteiger partial charge in [0.05, 0.1) is 6.10 Å². The number of carbonyl (C=O) groups is 2. The smallest absolute Gasteiger partial charge is 1.00 e. The van der Waals surface area contributed by atoms with Gasteiger partial charge in [-0.2, -0.15) is 0 Å². The van der Waals surface area contributed by atoms with Crippen LogP contribution in [-0.2, 0) is 14.3 Å². The van der Waals surface area contributed by atoms with Gasteiger partial charge in [-0.25, -0.2) is 4.79 Å². The summed E-state index contributed by atoms with van der Waals surface area (Å²) in [4.78, 5) is 22.7. The van der Waals surface area contributed by atoms with E-state index >= 15 is 0 Å². The molecule has 0 aromatic heterocycles. The van der Waals surface area contributed by atoms with Crippen molar-refractivity contribution in [2.75, 3.05) is 0 Å². The molecule has 6 heteroatoms. The average molecular weight is 342 g/mol. The van der Waals surface area contributed by atoms with E-state index in [1.165, 1.54) is 45.4 Å². The second-order valence-corrected chi connectivity index (χ2v) is 5.64. The Morgan fingerprint density at radius 2 is 1.50 bits per heavy atom. The van der Waals surface area contributed by atoms with E-state index in [1.807, 2.05) is 0 Å². The summed E-state index contributed by atoms with van der Waals surface area (Å²) in [6, 6.07) is -1.16. The van der Waals surface area contributed by atoms with Gasteiger partial charge in [-0.1, -0.05) is 58.3 Å². The largest absolute Gasteiger partial charge is 1.00 e. The summed E-state index contributed by atoms with van der Waals surface area (Å²) in [7, 11) is 0. The molecule has 3 N–H and O–H groups in total. The van der Waals surface area contributed by atoms with E-state index in [-0.39, 0.29) is 59.2 Å². The summed E-state index contributed by atoms with van der Waals surface area (Å²) >= 11 is 0. The monoisotopic (exact) mass is 341 g/mol. The third kappa shape index (κ3) is 14.3. The second kappa shape index (κ2) is 16.6. The number of nitrogens with two attached hydrogens (primary N) is 1. The molecule has 0 heterocycles. The molecule has 22 heavy (non-hydrogen) atoms. The number of hydrogen-bond acceptors (Lipinski definition) is 5. The van der Waals surface area contributed by atoms with Crippen molar-refractivity contribution in [3.63, 3.8) is 0 Å². The maximum Gasteiger partial charge on any atom is 1.00 e. The summed E-state index contributed by atoms with van der Waals surface area (Å²) in [5.41, 5.74) is 5.38. The van der Waals surface area contributed by atoms with E-state index in [0.29, 0.717) is 0 Å². The number of unbranched alkanes of at least 4 members (excludes halogenated alkanes) is 8. The third-order valence-corrected chi connectivity index (χ3v) is 3.49. The van der Waals surface area contributed by atoms with E-state index in [9.17, 15) is 9.59 Å². The van der Waals surface area contributed by atoms with Gasteiger partial charge < -0.3 is 17.0 Å². The molecule has 0 aliphatic heterocycles. The van der Waals surface area contributed by atoms with Crippen molar-refractivity contribution >= 4 is 11.9 Å². The van der Waals surface area contributed by atoms with Gasteiger partial charge in [0.15, 0.2) is 0 Å². The Hall–Kier alpha value is 0.696. The zero-order chi connectivity index (χ0) is 16.1. The zero-order valence-corrected chi connectivity index (χ0v) is 17.6. The molecule has 0 fully saturated rings. The molecule has 0 saturated heterocycles. The standard InChI is InChI=1S/C16H31NO4.K.H/c1-3-4-5-6-7-8-9-10-11-12-14(19)21-16(20)15(17)13(2)18;;/h13,15,18H,3-12,17H2,1-2H3;;/q;+1;-1/t13-,15+;;/m1../s1. The predicted molar refractivity (Wildman–Crippen MR) is 83.7 cm³/mol. The van der Waals surface area contributed by atoms with Crippen molar-refractivity contribution in [1.82, 2.24) is 0 Å². The van der Waals surface area contributed by atoms with Crippen molar-refractivity contribution in [1.29, 1.82) is 0 Å². The molecular weight excluding hydrogens is 309 g/mol. The Morgan fingerprint density at radius 1 is 1.05 bits per heavy atom. The molecule has 0 aliphatic carbocycles. The van der Waals surface area contributed by atoms with Crippen LogP contribution in [0.25, 0.3) is 0 Å². The first-order valence-electron chi connectivity index (χ1n) is 8.17. The van der Waals surface area contributed by atoms with Crippen molar-refractivity contribution in [2.45, 2.75) is 90.2 Å². The SMILES string of the molecule is CCCCCCCCCCCC(=O)OC(=O)[C@@H](N)[C@@H](C)O.[H-].[K+]. The normalized spacial score (nSPS) is 13.1. The zero-order valence-electron chi connectivity index (χ0n) is 15.5. The number of rotatable bonds is 12. The molecule has 5 nitrogen and oxygen atoms in total. The van der Waals surface area contributed by atoms with Crippen LogP contribution in [0.4, 0.5) is 0 Å². The maximum absolute atomic E-state index is 11.4. The Morgan fingerprint density at radius 3 is 1.95 bits per heavy atom. The van der Waals surface area contributed by atoms with Gasteiger partial charge in [0.1, 0.15) is 6.04 Å². The van der Waals surface area contributed by atoms with Gasteiger partial charge >= 0.3 is 63.3 Å². The second-order valence-electron chi connectivity index (χ2n) is 5.64. The minimum atomic E-state index is -1.16. The van der Waals surface area contributed by atoms with Crippen molar-refractivity contribution in [3.8, 4) is 0 Å². The van der Waals surface area contributed by atoms with E-state index < -0.39 is 24.1 Å². The molecule has 0 aromatic carbocycles. The molecular formula is C16H32KNO4. The minimum absolute atomic E-state index is 0. The van der Waals surface area contributed by atoms with Gasteiger partial charge in [0, 0.05) is 6.42 Å². The summed E-state index contributed by atoms with van der Waals surface area (Å²) in [6.07, 6.45) is 9.66. The topological polar surface area (TPSA) is 89.6 Å². The van der Waals surface area contributed by atoms with E-state index in [4.69, 9.17) is 10.8 Å². The number of ether oxygens (including phenoxy) is 1. The van der Waals surface area contributed by atoms with Crippen LogP contribution in [0.3, 0.4) is 0 Å². The van der Waals surface area contributed by atoms with Crippen LogP contribution in [0, 0.1) is 0 Å². The van der Waals surface area contributed by atoms with Crippen LogP contribution in [0.15, 0.2) is 0 Å². The predicted octanol–water partition coefficient (Wildman–Crippen LogP) is -0.198. The Bertz CT molecular complexity index is 304. The summed E-state index contributed by atoms with van der Waals surface area (Å²) in [6.45, 7) is 3.59. The van der Waals surface area contributed by atoms with E-state index in [1.54, 1.807) is 0 Å². The van der Waals surface area contributed by atoms with E-state index in [2.05, 4.69) is 11.7 Å². The average Bonchev–Trinajstić information content (AvgIpc) is 2.44. The van der Waals surface area contributed by atoms with Crippen molar-refractivity contribution in [3.05, 3.63) is 0 Å². The first kappa shape index (κ1) is 24.9. The van der Waals surface area contributed by atoms with Crippen LogP contribution in [-0.4, -0.2) is 29.2 Å². The molecule has 0 amide bonds. The first-order valence-corrected chi connectivity index (χ1v) is 8.17. The van der Waals surface area contributed by atoms with Gasteiger partial charge in [-0.05, 0) is 13.3 Å². The van der Waals surface area contributed by atoms with Crippen LogP contribution in [0.5, 0.6) is 0 Å². The number of esters is 2. The molecule has 0 unspecified atom stereocenters. The van der Waals surface area contributed by atoms with E-state index in [0.717, 1.165) is 19.3 Å². The fourth-order valence-corrected chi connectivity index (χ4v) is 2.01. The summed E-state index contributed by atoms with van der Waals surface area (Å²) < 4.78 is 4.58. The number of hydrogen-bond donors (Lipinski definition) is 2. The van der Waals surface area contributed by atoms with Crippen LogP contribution in [0.1, 0.15) is 79.5 Å². The first-order chi connectivity index (χ1) is 9.99. The quantitative estimate of drug-likeness (QED) is 0.222. The number of aliphatic hydroxyl groups excluding tert-OH is 1. The Balaban J connectivity index is -0.00000200. The van der Waals surface area contributed by atoms with Gasteiger partial charge in [0.2, 0.25) is 0 Å². The number of aliphatic hydroxyl groups is 1. The summed E-state index contributed by atoms with van der Waals surface area (Å²) in [5, 5.41) is 9.12. The molecule has 0 rings (SSSR count). The molecule has 2 atom stereocenters. The summed E-state index contributed by atoms with van der Waals surface area (Å²) in [5.74, 6) is -1.41. The van der Waals surface area contributed by atoms with Crippen LogP contribution >= 0.6 is 0 Å².